The molecule has 1 rings (SSSR count). The monoisotopic (exact) mass is 228 g/mol. The van der Waals surface area contributed by atoms with E-state index in [0.29, 0.717) is 0 Å². The number of hydrogen-bond acceptors (Lipinski definition) is 4. The van der Waals surface area contributed by atoms with Gasteiger partial charge in [0.05, 0.1) is 5.69 Å². The largest absolute Gasteiger partial charge is 0.372 e. The van der Waals surface area contributed by atoms with Crippen LogP contribution in [-0.2, 0) is 16.8 Å². The molecule has 1 aromatic rings. The topological polar surface area (TPSA) is 34.1 Å². The van der Waals surface area contributed by atoms with Gasteiger partial charge in [-0.1, -0.05) is 6.92 Å². The van der Waals surface area contributed by atoms with E-state index in [1.54, 1.807) is 18.4 Å². The third kappa shape index (κ3) is 3.55. The van der Waals surface area contributed by atoms with Crippen molar-refractivity contribution in [2.24, 2.45) is 0 Å². The average molecular weight is 228 g/mol. The van der Waals surface area contributed by atoms with Crippen LogP contribution in [0.3, 0.4) is 0 Å². The van der Waals surface area contributed by atoms with E-state index in [9.17, 15) is 0 Å². The summed E-state index contributed by atoms with van der Waals surface area (Å²) in [4.78, 5) is 4.58. The number of aromatic nitrogens is 1. The highest BCUT2D eigenvalue weighted by Crippen LogP contribution is 2.26. The summed E-state index contributed by atoms with van der Waals surface area (Å²) in [6.07, 6.45) is 0.990. The van der Waals surface area contributed by atoms with Gasteiger partial charge in [-0.15, -0.1) is 11.3 Å². The average Bonchev–Trinajstić information content (AvgIpc) is 2.68. The van der Waals surface area contributed by atoms with Gasteiger partial charge in [-0.25, -0.2) is 4.98 Å². The minimum atomic E-state index is -0.263. The lowest BCUT2D eigenvalue weighted by atomic mass is 10.1. The molecule has 0 spiro atoms. The zero-order valence-electron chi connectivity index (χ0n) is 9.96. The predicted molar refractivity (Wildman–Crippen MR) is 64.4 cm³/mol. The molecule has 1 aromatic heterocycles. The Labute approximate surface area is 95.9 Å². The number of methoxy groups -OCH3 is 1. The SMILES string of the molecule is CCNCCc1csc(C(C)(C)OC)n1. The standard InChI is InChI=1S/C11H20N2OS/c1-5-12-7-6-9-8-15-10(13-9)11(2,3)14-4/h8,12H,5-7H2,1-4H3. The second-order valence-electron chi connectivity index (χ2n) is 3.96. The van der Waals surface area contributed by atoms with Crippen molar-refractivity contribution < 1.29 is 4.74 Å². The van der Waals surface area contributed by atoms with Crippen LogP contribution in [0.5, 0.6) is 0 Å². The van der Waals surface area contributed by atoms with E-state index in [1.807, 2.05) is 13.8 Å². The molecule has 0 amide bonds. The van der Waals surface area contributed by atoms with Gasteiger partial charge in [0, 0.05) is 25.5 Å². The van der Waals surface area contributed by atoms with Gasteiger partial charge in [-0.05, 0) is 20.4 Å². The zero-order valence-corrected chi connectivity index (χ0v) is 10.8. The van der Waals surface area contributed by atoms with Gasteiger partial charge in [0.25, 0.3) is 0 Å². The molecule has 15 heavy (non-hydrogen) atoms. The first-order valence-electron chi connectivity index (χ1n) is 5.31. The Kier molecular flexibility index (Phi) is 4.70. The smallest absolute Gasteiger partial charge is 0.124 e. The first-order valence-corrected chi connectivity index (χ1v) is 6.19. The molecule has 0 bridgehead atoms. The molecule has 0 radical (unpaired) electrons. The van der Waals surface area contributed by atoms with Crippen LogP contribution in [0.1, 0.15) is 31.5 Å². The number of thiazole rings is 1. The Hall–Kier alpha value is -0.450. The number of rotatable bonds is 6. The van der Waals surface area contributed by atoms with Crippen LogP contribution in [0.15, 0.2) is 5.38 Å². The van der Waals surface area contributed by atoms with Crippen LogP contribution in [0.25, 0.3) is 0 Å². The van der Waals surface area contributed by atoms with Crippen molar-refractivity contribution in [3.05, 3.63) is 16.1 Å². The van der Waals surface area contributed by atoms with Crippen LogP contribution in [0, 0.1) is 0 Å². The minimum absolute atomic E-state index is 0.263. The van der Waals surface area contributed by atoms with Crippen LogP contribution in [0.2, 0.25) is 0 Å². The zero-order chi connectivity index (χ0) is 11.3. The maximum atomic E-state index is 5.39. The quantitative estimate of drug-likeness (QED) is 0.758. The molecule has 0 saturated carbocycles. The van der Waals surface area contributed by atoms with E-state index in [-0.39, 0.29) is 5.60 Å². The summed E-state index contributed by atoms with van der Waals surface area (Å²) < 4.78 is 5.39. The van der Waals surface area contributed by atoms with Gasteiger partial charge in [0.15, 0.2) is 0 Å². The summed E-state index contributed by atoms with van der Waals surface area (Å²) in [5.41, 5.74) is 0.891. The lowest BCUT2D eigenvalue weighted by Gasteiger charge is -2.19. The number of nitrogens with one attached hydrogen (secondary N) is 1. The van der Waals surface area contributed by atoms with E-state index >= 15 is 0 Å². The van der Waals surface area contributed by atoms with E-state index in [0.717, 1.165) is 30.2 Å². The molecule has 0 aromatic carbocycles. The molecule has 0 fully saturated rings. The molecule has 1 N–H and O–H groups in total. The first kappa shape index (κ1) is 12.6. The Bertz CT molecular complexity index is 297. The van der Waals surface area contributed by atoms with Crippen LogP contribution in [0.4, 0.5) is 0 Å². The molecule has 0 aliphatic carbocycles. The first-order chi connectivity index (χ1) is 7.10. The van der Waals surface area contributed by atoms with Gasteiger partial charge in [0.1, 0.15) is 10.6 Å². The van der Waals surface area contributed by atoms with E-state index in [2.05, 4.69) is 22.6 Å². The van der Waals surface area contributed by atoms with Crippen LogP contribution >= 0.6 is 11.3 Å². The van der Waals surface area contributed by atoms with Crippen molar-refractivity contribution in [3.63, 3.8) is 0 Å². The molecule has 0 unspecified atom stereocenters. The van der Waals surface area contributed by atoms with Gasteiger partial charge >= 0.3 is 0 Å². The predicted octanol–water partition coefficient (Wildman–Crippen LogP) is 2.18. The molecule has 0 saturated heterocycles. The fraction of sp³-hybridized carbons (Fsp3) is 0.727. The summed E-state index contributed by atoms with van der Waals surface area (Å²) in [6.45, 7) is 8.20. The molecule has 86 valence electrons. The molecular weight excluding hydrogens is 208 g/mol. The molecular formula is C11H20N2OS. The molecule has 4 heteroatoms. The van der Waals surface area contributed by atoms with Crippen LogP contribution in [-0.4, -0.2) is 25.2 Å². The highest BCUT2D eigenvalue weighted by molar-refractivity contribution is 7.09. The number of ether oxygens (including phenoxy) is 1. The van der Waals surface area contributed by atoms with Gasteiger partial charge < -0.3 is 10.1 Å². The highest BCUT2D eigenvalue weighted by Gasteiger charge is 2.23. The molecule has 0 aliphatic rings. The van der Waals surface area contributed by atoms with E-state index in [4.69, 9.17) is 4.74 Å². The Morgan fingerprint density at radius 1 is 1.53 bits per heavy atom. The summed E-state index contributed by atoms with van der Waals surface area (Å²) in [6, 6.07) is 0. The van der Waals surface area contributed by atoms with Crippen molar-refractivity contribution >= 4 is 11.3 Å². The van der Waals surface area contributed by atoms with Crippen molar-refractivity contribution in [3.8, 4) is 0 Å². The highest BCUT2D eigenvalue weighted by atomic mass is 32.1. The number of likely N-dealkylation sites (N-methyl/N-ethyl adjacent to an activating group) is 1. The maximum Gasteiger partial charge on any atom is 0.124 e. The third-order valence-electron chi connectivity index (χ3n) is 2.39. The van der Waals surface area contributed by atoms with Crippen molar-refractivity contribution in [1.82, 2.24) is 10.3 Å². The molecule has 3 nitrogen and oxygen atoms in total. The fourth-order valence-electron chi connectivity index (χ4n) is 1.18. The van der Waals surface area contributed by atoms with Crippen LogP contribution < -0.4 is 5.32 Å². The van der Waals surface area contributed by atoms with E-state index in [1.165, 1.54) is 0 Å². The molecule has 0 aliphatic heterocycles. The van der Waals surface area contributed by atoms with Crippen molar-refractivity contribution in [2.45, 2.75) is 32.8 Å². The molecule has 1 heterocycles. The van der Waals surface area contributed by atoms with Crippen molar-refractivity contribution in [1.29, 1.82) is 0 Å². The Morgan fingerprint density at radius 2 is 2.27 bits per heavy atom. The second-order valence-corrected chi connectivity index (χ2v) is 4.82. The van der Waals surface area contributed by atoms with Gasteiger partial charge in [-0.2, -0.15) is 0 Å². The lowest BCUT2D eigenvalue weighted by molar-refractivity contribution is 0.0189. The molecule has 0 atom stereocenters. The maximum absolute atomic E-state index is 5.39. The normalized spacial score (nSPS) is 12.0. The lowest BCUT2D eigenvalue weighted by Crippen LogP contribution is -2.19. The summed E-state index contributed by atoms with van der Waals surface area (Å²) in [5.74, 6) is 0. The van der Waals surface area contributed by atoms with E-state index < -0.39 is 0 Å². The summed E-state index contributed by atoms with van der Waals surface area (Å²) >= 11 is 1.68. The third-order valence-corrected chi connectivity index (χ3v) is 3.58. The van der Waals surface area contributed by atoms with Gasteiger partial charge in [-0.3, -0.25) is 0 Å². The second kappa shape index (κ2) is 5.58. The summed E-state index contributed by atoms with van der Waals surface area (Å²) in [5, 5.41) is 6.46. The Balaban J connectivity index is 2.56. The van der Waals surface area contributed by atoms with Crippen molar-refractivity contribution in [2.75, 3.05) is 20.2 Å². The van der Waals surface area contributed by atoms with Gasteiger partial charge in [0.2, 0.25) is 0 Å². The Morgan fingerprint density at radius 3 is 2.87 bits per heavy atom. The fourth-order valence-corrected chi connectivity index (χ4v) is 2.13. The summed E-state index contributed by atoms with van der Waals surface area (Å²) in [7, 11) is 1.72. The minimum Gasteiger partial charge on any atom is -0.372 e. The number of hydrogen-bond donors (Lipinski definition) is 1. The number of nitrogens with zero attached hydrogens (tertiary/aromatic N) is 1.